The summed E-state index contributed by atoms with van der Waals surface area (Å²) in [6, 6.07) is 0. The van der Waals surface area contributed by atoms with E-state index in [2.05, 4.69) is 22.2 Å². The minimum Gasteiger partial charge on any atom is -0.477 e. The van der Waals surface area contributed by atoms with E-state index in [0.29, 0.717) is 0 Å². The van der Waals surface area contributed by atoms with Gasteiger partial charge in [0, 0.05) is 6.54 Å². The number of rotatable bonds is 6. The molecule has 0 bridgehead atoms. The summed E-state index contributed by atoms with van der Waals surface area (Å²) in [6.07, 6.45) is 3.89. The van der Waals surface area contributed by atoms with Gasteiger partial charge in [-0.1, -0.05) is 12.8 Å². The maximum absolute atomic E-state index is 5.76. The van der Waals surface area contributed by atoms with Crippen LogP contribution >= 0.6 is 0 Å². The number of anilines is 1. The van der Waals surface area contributed by atoms with Crippen LogP contribution in [0.15, 0.2) is 0 Å². The first-order valence-corrected chi connectivity index (χ1v) is 6.42. The molecule has 0 saturated heterocycles. The lowest BCUT2D eigenvalue weighted by atomic mass is 10.3. The molecule has 1 aromatic rings. The average molecular weight is 235 g/mol. The van der Waals surface area contributed by atoms with Crippen LogP contribution in [0.2, 0.25) is 0 Å². The Bertz CT molecular complexity index is 388. The van der Waals surface area contributed by atoms with Crippen molar-refractivity contribution in [3.05, 3.63) is 11.4 Å². The van der Waals surface area contributed by atoms with Crippen molar-refractivity contribution in [1.29, 1.82) is 0 Å². The summed E-state index contributed by atoms with van der Waals surface area (Å²) in [4.78, 5) is 8.74. The molecule has 1 saturated carbocycles. The Kier molecular flexibility index (Phi) is 3.82. The van der Waals surface area contributed by atoms with Crippen molar-refractivity contribution in [2.75, 3.05) is 18.5 Å². The van der Waals surface area contributed by atoms with Gasteiger partial charge in [0.15, 0.2) is 0 Å². The van der Waals surface area contributed by atoms with Gasteiger partial charge in [0.2, 0.25) is 5.88 Å². The van der Waals surface area contributed by atoms with Crippen molar-refractivity contribution in [3.63, 3.8) is 0 Å². The highest BCUT2D eigenvalue weighted by atomic mass is 16.5. The topological polar surface area (TPSA) is 47.0 Å². The van der Waals surface area contributed by atoms with E-state index >= 15 is 0 Å². The van der Waals surface area contributed by atoms with Crippen molar-refractivity contribution in [3.8, 4) is 5.88 Å². The first kappa shape index (κ1) is 12.1. The number of aromatic nitrogens is 2. The van der Waals surface area contributed by atoms with E-state index in [-0.39, 0.29) is 0 Å². The van der Waals surface area contributed by atoms with Gasteiger partial charge in [0.25, 0.3) is 0 Å². The molecule has 94 valence electrons. The van der Waals surface area contributed by atoms with Crippen molar-refractivity contribution < 1.29 is 4.74 Å². The summed E-state index contributed by atoms with van der Waals surface area (Å²) in [5.41, 5.74) is 1.01. The Hall–Kier alpha value is -1.32. The summed E-state index contributed by atoms with van der Waals surface area (Å²) >= 11 is 0. The van der Waals surface area contributed by atoms with Crippen molar-refractivity contribution >= 4 is 5.82 Å². The molecule has 0 aromatic carbocycles. The zero-order chi connectivity index (χ0) is 12.3. The SMILES string of the molecule is CCNc1nc(C)nc(OCCC2CC2)c1C. The van der Waals surface area contributed by atoms with E-state index in [1.165, 1.54) is 12.8 Å². The Morgan fingerprint density at radius 1 is 1.29 bits per heavy atom. The molecule has 0 atom stereocenters. The van der Waals surface area contributed by atoms with Gasteiger partial charge in [0.05, 0.1) is 12.2 Å². The largest absolute Gasteiger partial charge is 0.477 e. The van der Waals surface area contributed by atoms with Gasteiger partial charge in [-0.05, 0) is 33.1 Å². The zero-order valence-electron chi connectivity index (χ0n) is 10.9. The Morgan fingerprint density at radius 2 is 2.06 bits per heavy atom. The summed E-state index contributed by atoms with van der Waals surface area (Å²) in [6.45, 7) is 7.59. The van der Waals surface area contributed by atoms with E-state index in [9.17, 15) is 0 Å². The predicted octanol–water partition coefficient (Wildman–Crippen LogP) is 2.70. The second-order valence-electron chi connectivity index (χ2n) is 4.66. The molecule has 17 heavy (non-hydrogen) atoms. The number of hydrogen-bond donors (Lipinski definition) is 1. The lowest BCUT2D eigenvalue weighted by Crippen LogP contribution is -2.08. The molecule has 0 radical (unpaired) electrons. The summed E-state index contributed by atoms with van der Waals surface area (Å²) in [7, 11) is 0. The summed E-state index contributed by atoms with van der Waals surface area (Å²) < 4.78 is 5.76. The average Bonchev–Trinajstić information content (AvgIpc) is 3.09. The Labute approximate surface area is 103 Å². The molecule has 4 nitrogen and oxygen atoms in total. The van der Waals surface area contributed by atoms with Gasteiger partial charge in [-0.3, -0.25) is 0 Å². The molecule has 0 aliphatic heterocycles. The molecule has 2 rings (SSSR count). The molecule has 1 fully saturated rings. The lowest BCUT2D eigenvalue weighted by molar-refractivity contribution is 0.288. The number of aryl methyl sites for hydroxylation is 1. The van der Waals surface area contributed by atoms with Gasteiger partial charge in [-0.2, -0.15) is 4.98 Å². The number of nitrogens with zero attached hydrogens (tertiary/aromatic N) is 2. The van der Waals surface area contributed by atoms with Crippen LogP contribution in [0.5, 0.6) is 5.88 Å². The third kappa shape index (κ3) is 3.32. The first-order valence-electron chi connectivity index (χ1n) is 6.42. The molecular weight excluding hydrogens is 214 g/mol. The molecule has 1 aliphatic carbocycles. The summed E-state index contributed by atoms with van der Waals surface area (Å²) in [5, 5.41) is 3.24. The second-order valence-corrected chi connectivity index (χ2v) is 4.66. The molecule has 0 amide bonds. The van der Waals surface area contributed by atoms with E-state index in [0.717, 1.165) is 48.6 Å². The van der Waals surface area contributed by atoms with Gasteiger partial charge in [0.1, 0.15) is 11.6 Å². The quantitative estimate of drug-likeness (QED) is 0.823. The van der Waals surface area contributed by atoms with Crippen LogP contribution in [0, 0.1) is 19.8 Å². The third-order valence-electron chi connectivity index (χ3n) is 3.02. The molecule has 4 heteroatoms. The zero-order valence-corrected chi connectivity index (χ0v) is 10.9. The van der Waals surface area contributed by atoms with Gasteiger partial charge in [-0.15, -0.1) is 0 Å². The maximum Gasteiger partial charge on any atom is 0.221 e. The van der Waals surface area contributed by atoms with E-state index in [1.54, 1.807) is 0 Å². The standard InChI is InChI=1S/C13H21N3O/c1-4-14-12-9(2)13(16-10(3)15-12)17-8-7-11-5-6-11/h11H,4-8H2,1-3H3,(H,14,15,16). The van der Waals surface area contributed by atoms with Gasteiger partial charge >= 0.3 is 0 Å². The van der Waals surface area contributed by atoms with Gasteiger partial charge in [-0.25, -0.2) is 4.98 Å². The van der Waals surface area contributed by atoms with Crippen LogP contribution in [-0.2, 0) is 0 Å². The van der Waals surface area contributed by atoms with E-state index < -0.39 is 0 Å². The Morgan fingerprint density at radius 3 is 2.71 bits per heavy atom. The van der Waals surface area contributed by atoms with Crippen molar-refractivity contribution in [1.82, 2.24) is 9.97 Å². The van der Waals surface area contributed by atoms with Crippen LogP contribution in [-0.4, -0.2) is 23.1 Å². The molecule has 1 aromatic heterocycles. The molecule has 1 aliphatic rings. The molecule has 0 unspecified atom stereocenters. The monoisotopic (exact) mass is 235 g/mol. The lowest BCUT2D eigenvalue weighted by Gasteiger charge is -2.12. The van der Waals surface area contributed by atoms with Crippen LogP contribution in [0.4, 0.5) is 5.82 Å². The van der Waals surface area contributed by atoms with Crippen LogP contribution in [0.3, 0.4) is 0 Å². The normalized spacial score (nSPS) is 14.8. The minimum atomic E-state index is 0.731. The Balaban J connectivity index is 2.02. The minimum absolute atomic E-state index is 0.731. The highest BCUT2D eigenvalue weighted by Gasteiger charge is 2.21. The van der Waals surface area contributed by atoms with E-state index in [1.807, 2.05) is 13.8 Å². The highest BCUT2D eigenvalue weighted by molar-refractivity contribution is 5.48. The van der Waals surface area contributed by atoms with Crippen LogP contribution in [0.1, 0.15) is 37.6 Å². The third-order valence-corrected chi connectivity index (χ3v) is 3.02. The fraction of sp³-hybridized carbons (Fsp3) is 0.692. The van der Waals surface area contributed by atoms with Crippen LogP contribution in [0.25, 0.3) is 0 Å². The van der Waals surface area contributed by atoms with Crippen molar-refractivity contribution in [2.24, 2.45) is 5.92 Å². The first-order chi connectivity index (χ1) is 8.20. The van der Waals surface area contributed by atoms with Gasteiger partial charge < -0.3 is 10.1 Å². The molecule has 1 heterocycles. The van der Waals surface area contributed by atoms with Crippen LogP contribution < -0.4 is 10.1 Å². The fourth-order valence-electron chi connectivity index (χ4n) is 1.81. The predicted molar refractivity (Wildman–Crippen MR) is 68.5 cm³/mol. The number of nitrogens with one attached hydrogen (secondary N) is 1. The van der Waals surface area contributed by atoms with Crippen molar-refractivity contribution in [2.45, 2.75) is 40.0 Å². The second kappa shape index (κ2) is 5.34. The highest BCUT2D eigenvalue weighted by Crippen LogP contribution is 2.32. The number of hydrogen-bond acceptors (Lipinski definition) is 4. The molecule has 1 N–H and O–H groups in total. The molecule has 0 spiro atoms. The maximum atomic E-state index is 5.76. The smallest absolute Gasteiger partial charge is 0.221 e. The molecular formula is C13H21N3O. The van der Waals surface area contributed by atoms with E-state index in [4.69, 9.17) is 4.74 Å². The summed E-state index contributed by atoms with van der Waals surface area (Å²) in [5.74, 6) is 3.27. The fourth-order valence-corrected chi connectivity index (χ4v) is 1.81. The number of ether oxygens (including phenoxy) is 1.